The number of hydrogen-bond donors (Lipinski definition) is 2. The Morgan fingerprint density at radius 3 is 2.57 bits per heavy atom. The predicted octanol–water partition coefficient (Wildman–Crippen LogP) is 3.22. The molecule has 0 saturated heterocycles. The number of guanidine groups is 1. The van der Waals surface area contributed by atoms with Crippen LogP contribution in [0, 0.1) is 18.3 Å². The van der Waals surface area contributed by atoms with E-state index in [2.05, 4.69) is 47.7 Å². The van der Waals surface area contributed by atoms with Gasteiger partial charge in [0, 0.05) is 35.8 Å². The zero-order chi connectivity index (χ0) is 16.7. The summed E-state index contributed by atoms with van der Waals surface area (Å²) in [5, 5.41) is 15.5. The standard InChI is InChI=1S/C18H22N4S/c1-13(10-17-9-4-14(2)23-17)22-18(20-3)21-12-16-7-5-15(11-19)6-8-16/h4-9,13H,10,12H2,1-3H3,(H2,20,21,22). The molecule has 1 atom stereocenters. The molecule has 0 bridgehead atoms. The summed E-state index contributed by atoms with van der Waals surface area (Å²) in [6.07, 6.45) is 0.982. The first kappa shape index (κ1) is 17.0. The summed E-state index contributed by atoms with van der Waals surface area (Å²) >= 11 is 1.84. The van der Waals surface area contributed by atoms with Crippen molar-refractivity contribution in [2.75, 3.05) is 7.05 Å². The second kappa shape index (κ2) is 8.35. The van der Waals surface area contributed by atoms with Gasteiger partial charge in [0.2, 0.25) is 0 Å². The van der Waals surface area contributed by atoms with Crippen LogP contribution in [-0.4, -0.2) is 19.0 Å². The average Bonchev–Trinajstić information content (AvgIpc) is 2.96. The molecule has 120 valence electrons. The van der Waals surface area contributed by atoms with E-state index in [1.807, 2.05) is 35.6 Å². The van der Waals surface area contributed by atoms with Crippen LogP contribution in [0.4, 0.5) is 0 Å². The van der Waals surface area contributed by atoms with Crippen LogP contribution in [0.1, 0.15) is 27.8 Å². The Morgan fingerprint density at radius 2 is 2.00 bits per heavy atom. The van der Waals surface area contributed by atoms with Gasteiger partial charge in [-0.2, -0.15) is 5.26 Å². The first-order chi connectivity index (χ1) is 11.1. The van der Waals surface area contributed by atoms with Crippen LogP contribution >= 0.6 is 11.3 Å². The molecule has 5 heteroatoms. The highest BCUT2D eigenvalue weighted by Gasteiger charge is 2.07. The third-order valence-electron chi connectivity index (χ3n) is 3.45. The first-order valence-electron chi connectivity index (χ1n) is 7.62. The van der Waals surface area contributed by atoms with Crippen LogP contribution < -0.4 is 10.6 Å². The molecule has 1 unspecified atom stereocenters. The molecule has 2 aromatic rings. The van der Waals surface area contributed by atoms with Gasteiger partial charge < -0.3 is 10.6 Å². The molecular formula is C18H22N4S. The monoisotopic (exact) mass is 326 g/mol. The summed E-state index contributed by atoms with van der Waals surface area (Å²) in [7, 11) is 1.77. The van der Waals surface area contributed by atoms with Crippen LogP contribution in [0.3, 0.4) is 0 Å². The highest BCUT2D eigenvalue weighted by atomic mass is 32.1. The second-order valence-corrected chi connectivity index (χ2v) is 6.87. The Hall–Kier alpha value is -2.32. The molecule has 0 spiro atoms. The van der Waals surface area contributed by atoms with Crippen molar-refractivity contribution in [1.82, 2.24) is 10.6 Å². The molecular weight excluding hydrogens is 304 g/mol. The molecule has 23 heavy (non-hydrogen) atoms. The summed E-state index contributed by atoms with van der Waals surface area (Å²) in [5.74, 6) is 0.787. The summed E-state index contributed by atoms with van der Waals surface area (Å²) in [6, 6.07) is 14.3. The topological polar surface area (TPSA) is 60.2 Å². The van der Waals surface area contributed by atoms with E-state index in [0.29, 0.717) is 18.2 Å². The number of aliphatic imine (C=N–C) groups is 1. The molecule has 0 amide bonds. The molecule has 0 aliphatic rings. The lowest BCUT2D eigenvalue weighted by Crippen LogP contribution is -2.42. The fraction of sp³-hybridized carbons (Fsp3) is 0.333. The third-order valence-corrected chi connectivity index (χ3v) is 4.48. The molecule has 1 aromatic heterocycles. The Labute approximate surface area is 141 Å². The Balaban J connectivity index is 1.83. The number of nitriles is 1. The number of nitrogens with zero attached hydrogens (tertiary/aromatic N) is 2. The van der Waals surface area contributed by atoms with Gasteiger partial charge in [0.15, 0.2) is 5.96 Å². The van der Waals surface area contributed by atoms with Crippen molar-refractivity contribution < 1.29 is 0 Å². The number of rotatable bonds is 5. The zero-order valence-electron chi connectivity index (χ0n) is 13.8. The Bertz CT molecular complexity index is 695. The molecule has 0 aliphatic carbocycles. The van der Waals surface area contributed by atoms with Gasteiger partial charge in [-0.1, -0.05) is 12.1 Å². The van der Waals surface area contributed by atoms with E-state index in [4.69, 9.17) is 5.26 Å². The molecule has 1 aromatic carbocycles. The summed E-state index contributed by atoms with van der Waals surface area (Å²) in [4.78, 5) is 6.99. The Kier molecular flexibility index (Phi) is 6.19. The number of benzene rings is 1. The largest absolute Gasteiger partial charge is 0.354 e. The minimum Gasteiger partial charge on any atom is -0.354 e. The lowest BCUT2D eigenvalue weighted by molar-refractivity contribution is 0.645. The van der Waals surface area contributed by atoms with Crippen molar-refractivity contribution >= 4 is 17.3 Å². The van der Waals surface area contributed by atoms with Gasteiger partial charge in [-0.25, -0.2) is 0 Å². The maximum absolute atomic E-state index is 8.81. The van der Waals surface area contributed by atoms with Crippen LogP contribution in [0.15, 0.2) is 41.4 Å². The van der Waals surface area contributed by atoms with Gasteiger partial charge in [-0.15, -0.1) is 11.3 Å². The van der Waals surface area contributed by atoms with Gasteiger partial charge >= 0.3 is 0 Å². The quantitative estimate of drug-likeness (QED) is 0.655. The smallest absolute Gasteiger partial charge is 0.191 e. The summed E-state index contributed by atoms with van der Waals surface area (Å²) in [5.41, 5.74) is 1.80. The minimum absolute atomic E-state index is 0.306. The molecule has 0 fully saturated rings. The van der Waals surface area contributed by atoms with Gasteiger partial charge in [-0.05, 0) is 43.7 Å². The lowest BCUT2D eigenvalue weighted by atomic mass is 10.1. The Morgan fingerprint density at radius 1 is 1.26 bits per heavy atom. The molecule has 0 radical (unpaired) electrons. The van der Waals surface area contributed by atoms with Gasteiger partial charge in [0.25, 0.3) is 0 Å². The first-order valence-corrected chi connectivity index (χ1v) is 8.44. The van der Waals surface area contributed by atoms with Crippen molar-refractivity contribution in [3.05, 3.63) is 57.3 Å². The van der Waals surface area contributed by atoms with Crippen molar-refractivity contribution in [3.63, 3.8) is 0 Å². The van der Waals surface area contributed by atoms with Gasteiger partial charge in [0.1, 0.15) is 0 Å². The van der Waals surface area contributed by atoms with Crippen LogP contribution in [0.5, 0.6) is 0 Å². The number of hydrogen-bond acceptors (Lipinski definition) is 3. The summed E-state index contributed by atoms with van der Waals surface area (Å²) < 4.78 is 0. The number of thiophene rings is 1. The molecule has 4 nitrogen and oxygen atoms in total. The number of nitrogens with one attached hydrogen (secondary N) is 2. The maximum Gasteiger partial charge on any atom is 0.191 e. The van der Waals surface area contributed by atoms with E-state index < -0.39 is 0 Å². The SMILES string of the molecule is CN=C(NCc1ccc(C#N)cc1)NC(C)Cc1ccc(C)s1. The molecule has 2 rings (SSSR count). The fourth-order valence-corrected chi connectivity index (χ4v) is 3.28. The van der Waals surface area contributed by atoms with E-state index in [1.54, 1.807) is 7.05 Å². The molecule has 2 N–H and O–H groups in total. The van der Waals surface area contributed by atoms with E-state index in [1.165, 1.54) is 9.75 Å². The third kappa shape index (κ3) is 5.42. The minimum atomic E-state index is 0.306. The fourth-order valence-electron chi connectivity index (χ4n) is 2.26. The van der Waals surface area contributed by atoms with E-state index in [-0.39, 0.29) is 0 Å². The molecule has 0 saturated carbocycles. The average molecular weight is 326 g/mol. The predicted molar refractivity (Wildman–Crippen MR) is 96.7 cm³/mol. The van der Waals surface area contributed by atoms with Crippen molar-refractivity contribution in [3.8, 4) is 6.07 Å². The van der Waals surface area contributed by atoms with Gasteiger partial charge in [0.05, 0.1) is 11.6 Å². The van der Waals surface area contributed by atoms with E-state index in [9.17, 15) is 0 Å². The number of aryl methyl sites for hydroxylation is 1. The highest BCUT2D eigenvalue weighted by Crippen LogP contribution is 2.16. The van der Waals surface area contributed by atoms with E-state index >= 15 is 0 Å². The van der Waals surface area contributed by atoms with Gasteiger partial charge in [-0.3, -0.25) is 4.99 Å². The molecule has 1 heterocycles. The van der Waals surface area contributed by atoms with Crippen LogP contribution in [0.25, 0.3) is 0 Å². The highest BCUT2D eigenvalue weighted by molar-refractivity contribution is 7.11. The summed E-state index contributed by atoms with van der Waals surface area (Å²) in [6.45, 7) is 4.96. The normalized spacial score (nSPS) is 12.5. The van der Waals surface area contributed by atoms with Crippen LogP contribution in [-0.2, 0) is 13.0 Å². The maximum atomic E-state index is 8.81. The van der Waals surface area contributed by atoms with Crippen molar-refractivity contribution in [2.45, 2.75) is 32.9 Å². The van der Waals surface area contributed by atoms with Crippen LogP contribution in [0.2, 0.25) is 0 Å². The van der Waals surface area contributed by atoms with E-state index in [0.717, 1.165) is 17.9 Å². The lowest BCUT2D eigenvalue weighted by Gasteiger charge is -2.17. The second-order valence-electron chi connectivity index (χ2n) is 5.50. The molecule has 0 aliphatic heterocycles. The zero-order valence-corrected chi connectivity index (χ0v) is 14.6. The van der Waals surface area contributed by atoms with Crippen molar-refractivity contribution in [2.24, 2.45) is 4.99 Å². The van der Waals surface area contributed by atoms with Crippen molar-refractivity contribution in [1.29, 1.82) is 5.26 Å².